The smallest absolute Gasteiger partial charge is 0.166 e. The molecule has 1 N–H and O–H groups in total. The molecular weight excluding hydrogens is 252 g/mol. The minimum absolute atomic E-state index is 0. The summed E-state index contributed by atoms with van der Waals surface area (Å²) in [5.74, 6) is 0.876. The highest BCUT2D eigenvalue weighted by molar-refractivity contribution is 5.91. The largest absolute Gasteiger partial charge is 0.492 e. The molecule has 0 radical (unpaired) electrons. The third-order valence-corrected chi connectivity index (χ3v) is 2.97. The molecule has 1 aromatic heterocycles. The van der Waals surface area contributed by atoms with Crippen molar-refractivity contribution < 1.29 is 11.0 Å². The minimum atomic E-state index is 0. The summed E-state index contributed by atoms with van der Waals surface area (Å²) in [5, 5.41) is 1.04. The Morgan fingerprint density at radius 2 is 2.05 bits per heavy atom. The van der Waals surface area contributed by atoms with Crippen molar-refractivity contribution in [3.8, 4) is 5.75 Å². The lowest BCUT2D eigenvalue weighted by molar-refractivity contribution is 0.112. The van der Waals surface area contributed by atoms with Gasteiger partial charge in [-0.25, -0.2) is 0 Å². The summed E-state index contributed by atoms with van der Waals surface area (Å²) >= 11 is 0. The van der Waals surface area contributed by atoms with E-state index in [1.807, 2.05) is 53.1 Å². The Kier molecular flexibility index (Phi) is 6.25. The second-order valence-electron chi connectivity index (χ2n) is 4.64. The normalized spacial score (nSPS) is 10.3. The molecule has 0 atom stereocenters. The van der Waals surface area contributed by atoms with Gasteiger partial charge in [-0.1, -0.05) is 13.8 Å². The van der Waals surface area contributed by atoms with Crippen molar-refractivity contribution in [2.45, 2.75) is 20.8 Å². The number of aryl methyl sites for hydroxylation is 1. The maximum atomic E-state index is 10.8. The van der Waals surface area contributed by atoms with Gasteiger partial charge in [0.15, 0.2) is 6.29 Å². The number of fused-ring (bicyclic) bond motifs is 1. The van der Waals surface area contributed by atoms with Crippen molar-refractivity contribution in [3.05, 3.63) is 29.5 Å². The minimum Gasteiger partial charge on any atom is -0.492 e. The SMILES string of the molecule is CC.Cc1c(OCCN(C)C)ccc2[nH]c(C=O)cc12.[HH]. The van der Waals surface area contributed by atoms with Gasteiger partial charge in [0.05, 0.1) is 5.69 Å². The topological polar surface area (TPSA) is 45.3 Å². The molecule has 112 valence electrons. The standard InChI is InChI=1S/C14H18N2O2.C2H6.H2/c1-10-12-8-11(9-17)15-13(12)4-5-14(10)18-7-6-16(2)3;1-2;/h4-5,8-9,15H,6-7H2,1-3H3;1-2H3;1H. The van der Waals surface area contributed by atoms with E-state index in [0.717, 1.165) is 35.0 Å². The van der Waals surface area contributed by atoms with Gasteiger partial charge < -0.3 is 14.6 Å². The molecule has 0 saturated heterocycles. The summed E-state index contributed by atoms with van der Waals surface area (Å²) in [4.78, 5) is 15.9. The quantitative estimate of drug-likeness (QED) is 0.851. The van der Waals surface area contributed by atoms with Crippen molar-refractivity contribution in [2.75, 3.05) is 27.2 Å². The van der Waals surface area contributed by atoms with Gasteiger partial charge in [0.2, 0.25) is 0 Å². The Morgan fingerprint density at radius 3 is 2.65 bits per heavy atom. The van der Waals surface area contributed by atoms with Crippen LogP contribution in [0.25, 0.3) is 10.9 Å². The highest BCUT2D eigenvalue weighted by Crippen LogP contribution is 2.27. The number of nitrogens with one attached hydrogen (secondary N) is 1. The summed E-state index contributed by atoms with van der Waals surface area (Å²) < 4.78 is 5.75. The summed E-state index contributed by atoms with van der Waals surface area (Å²) in [6, 6.07) is 5.75. The van der Waals surface area contributed by atoms with Gasteiger partial charge >= 0.3 is 0 Å². The third-order valence-electron chi connectivity index (χ3n) is 2.97. The van der Waals surface area contributed by atoms with Gasteiger partial charge in [0.25, 0.3) is 0 Å². The van der Waals surface area contributed by atoms with Crippen LogP contribution in [0.4, 0.5) is 0 Å². The highest BCUT2D eigenvalue weighted by atomic mass is 16.5. The van der Waals surface area contributed by atoms with Crippen molar-refractivity contribution in [1.82, 2.24) is 9.88 Å². The van der Waals surface area contributed by atoms with E-state index in [-0.39, 0.29) is 1.43 Å². The van der Waals surface area contributed by atoms with Crippen molar-refractivity contribution in [3.63, 3.8) is 0 Å². The molecule has 0 fully saturated rings. The van der Waals surface area contributed by atoms with Gasteiger partial charge in [-0.05, 0) is 39.2 Å². The first-order valence-corrected chi connectivity index (χ1v) is 6.97. The van der Waals surface area contributed by atoms with Crippen LogP contribution < -0.4 is 4.74 Å². The summed E-state index contributed by atoms with van der Waals surface area (Å²) in [6.45, 7) is 7.55. The number of aldehydes is 1. The van der Waals surface area contributed by atoms with Gasteiger partial charge in [-0.2, -0.15) is 0 Å². The lowest BCUT2D eigenvalue weighted by Gasteiger charge is -2.13. The van der Waals surface area contributed by atoms with E-state index in [9.17, 15) is 4.79 Å². The van der Waals surface area contributed by atoms with Crippen LogP contribution in [0.5, 0.6) is 5.75 Å². The zero-order valence-corrected chi connectivity index (χ0v) is 13.0. The molecule has 2 aromatic rings. The Bertz CT molecular complexity index is 565. The number of benzene rings is 1. The average Bonchev–Trinajstić information content (AvgIpc) is 2.87. The predicted octanol–water partition coefficient (Wildman–Crippen LogP) is 3.50. The second-order valence-corrected chi connectivity index (χ2v) is 4.64. The number of ether oxygens (including phenoxy) is 1. The summed E-state index contributed by atoms with van der Waals surface area (Å²) in [7, 11) is 4.03. The van der Waals surface area contributed by atoms with Gasteiger partial charge in [0.1, 0.15) is 12.4 Å². The first kappa shape index (κ1) is 16.2. The molecule has 0 aliphatic rings. The average molecular weight is 278 g/mol. The van der Waals surface area contributed by atoms with Crippen LogP contribution in [0.3, 0.4) is 0 Å². The number of rotatable bonds is 5. The van der Waals surface area contributed by atoms with Crippen LogP contribution in [-0.2, 0) is 0 Å². The number of hydrogen-bond acceptors (Lipinski definition) is 3. The van der Waals surface area contributed by atoms with Crippen LogP contribution in [0.2, 0.25) is 0 Å². The molecule has 0 aliphatic heterocycles. The molecule has 20 heavy (non-hydrogen) atoms. The number of hydrogen-bond donors (Lipinski definition) is 1. The third kappa shape index (κ3) is 3.84. The number of aromatic nitrogens is 1. The zero-order valence-electron chi connectivity index (χ0n) is 13.0. The molecule has 0 aliphatic carbocycles. The van der Waals surface area contributed by atoms with Crippen LogP contribution in [-0.4, -0.2) is 43.4 Å². The molecule has 1 heterocycles. The van der Waals surface area contributed by atoms with Crippen molar-refractivity contribution in [1.29, 1.82) is 0 Å². The molecule has 4 heteroatoms. The summed E-state index contributed by atoms with van der Waals surface area (Å²) in [6.07, 6.45) is 0.825. The van der Waals surface area contributed by atoms with Crippen molar-refractivity contribution >= 4 is 17.2 Å². The first-order valence-electron chi connectivity index (χ1n) is 6.97. The molecule has 2 rings (SSSR count). The fourth-order valence-electron chi connectivity index (χ4n) is 1.91. The lowest BCUT2D eigenvalue weighted by atomic mass is 10.1. The van der Waals surface area contributed by atoms with E-state index < -0.39 is 0 Å². The molecule has 0 amide bonds. The number of likely N-dealkylation sites (N-methyl/N-ethyl adjacent to an activating group) is 1. The van der Waals surface area contributed by atoms with E-state index in [0.29, 0.717) is 12.3 Å². The van der Waals surface area contributed by atoms with Crippen LogP contribution in [0.1, 0.15) is 31.3 Å². The summed E-state index contributed by atoms with van der Waals surface area (Å²) in [5.41, 5.74) is 2.63. The zero-order chi connectivity index (χ0) is 15.1. The Morgan fingerprint density at radius 1 is 1.35 bits per heavy atom. The molecular formula is C16H26N2O2. The maximum Gasteiger partial charge on any atom is 0.166 e. The van der Waals surface area contributed by atoms with E-state index in [1.165, 1.54) is 0 Å². The Balaban J connectivity index is 0.00000128. The molecule has 1 aromatic carbocycles. The molecule has 0 spiro atoms. The number of carbonyl (C=O) groups excluding carboxylic acids is 1. The van der Waals surface area contributed by atoms with Crippen molar-refractivity contribution in [2.24, 2.45) is 0 Å². The Labute approximate surface area is 122 Å². The number of H-pyrrole nitrogens is 1. The van der Waals surface area contributed by atoms with E-state index in [2.05, 4.69) is 9.88 Å². The number of nitrogens with zero attached hydrogens (tertiary/aromatic N) is 1. The number of aromatic amines is 1. The molecule has 0 unspecified atom stereocenters. The monoisotopic (exact) mass is 278 g/mol. The van der Waals surface area contributed by atoms with Gasteiger partial charge in [-0.3, -0.25) is 4.79 Å². The van der Waals surface area contributed by atoms with Gasteiger partial charge in [-0.15, -0.1) is 0 Å². The van der Waals surface area contributed by atoms with E-state index in [4.69, 9.17) is 4.74 Å². The lowest BCUT2D eigenvalue weighted by Crippen LogP contribution is -2.19. The predicted molar refractivity (Wildman–Crippen MR) is 85.9 cm³/mol. The molecule has 4 nitrogen and oxygen atoms in total. The maximum absolute atomic E-state index is 10.8. The van der Waals surface area contributed by atoms with E-state index in [1.54, 1.807) is 0 Å². The van der Waals surface area contributed by atoms with Gasteiger partial charge in [0, 0.05) is 24.4 Å². The van der Waals surface area contributed by atoms with E-state index >= 15 is 0 Å². The fourth-order valence-corrected chi connectivity index (χ4v) is 1.91. The van der Waals surface area contributed by atoms with Crippen LogP contribution in [0.15, 0.2) is 18.2 Å². The van der Waals surface area contributed by atoms with Crippen LogP contribution in [0, 0.1) is 6.92 Å². The van der Waals surface area contributed by atoms with Crippen LogP contribution >= 0.6 is 0 Å². The second kappa shape index (κ2) is 7.70. The molecule has 0 saturated carbocycles. The fraction of sp³-hybridized carbons (Fsp3) is 0.438. The number of carbonyl (C=O) groups is 1. The first-order chi connectivity index (χ1) is 9.61. The highest BCUT2D eigenvalue weighted by Gasteiger charge is 2.07. The molecule has 0 bridgehead atoms. The Hall–Kier alpha value is -1.81.